The first-order valence-electron chi connectivity index (χ1n) is 7.41. The Labute approximate surface area is 138 Å². The first-order chi connectivity index (χ1) is 10.2. The van der Waals surface area contributed by atoms with E-state index in [-0.39, 0.29) is 0 Å². The molecule has 116 valence electrons. The van der Waals surface area contributed by atoms with Gasteiger partial charge in [0.25, 0.3) is 0 Å². The molecule has 0 aliphatic carbocycles. The number of rotatable bonds is 5. The molecule has 0 amide bonds. The molecule has 0 unspecified atom stereocenters. The van der Waals surface area contributed by atoms with E-state index in [0.29, 0.717) is 12.5 Å². The van der Waals surface area contributed by atoms with E-state index in [1.165, 1.54) is 0 Å². The molecule has 0 saturated carbocycles. The molecular weight excluding hydrogens is 294 g/mol. The highest BCUT2D eigenvalue weighted by Gasteiger charge is 2.35. The normalized spacial score (nSPS) is 12.3. The highest BCUT2D eigenvalue weighted by Crippen LogP contribution is 2.25. The lowest BCUT2D eigenvalue weighted by molar-refractivity contribution is -0.0893. The topological polar surface area (TPSA) is 29.5 Å². The third-order valence-corrected chi connectivity index (χ3v) is 4.45. The minimum Gasteiger partial charge on any atom is -0.427 e. The van der Waals surface area contributed by atoms with Gasteiger partial charge in [-0.2, -0.15) is 0 Å². The lowest BCUT2D eigenvalue weighted by Gasteiger charge is -2.37. The van der Waals surface area contributed by atoms with Crippen molar-refractivity contribution in [1.29, 1.82) is 0 Å². The SMILES string of the molecule is CC(C)(O)C(C)(C)OBc1ccc(Cl)cc1-c1ccccc1. The average molecular weight is 317 g/mol. The Morgan fingerprint density at radius 2 is 1.64 bits per heavy atom. The molecule has 0 fully saturated rings. The van der Waals surface area contributed by atoms with Gasteiger partial charge in [-0.15, -0.1) is 0 Å². The molecule has 0 saturated heterocycles. The largest absolute Gasteiger partial charge is 0.427 e. The Bertz CT molecular complexity index is 633. The van der Waals surface area contributed by atoms with E-state index in [1.807, 2.05) is 50.2 Å². The van der Waals surface area contributed by atoms with Gasteiger partial charge >= 0.3 is 7.48 Å². The summed E-state index contributed by atoms with van der Waals surface area (Å²) in [6, 6.07) is 15.9. The Hall–Kier alpha value is -1.29. The van der Waals surface area contributed by atoms with E-state index < -0.39 is 11.2 Å². The average Bonchev–Trinajstić information content (AvgIpc) is 2.45. The van der Waals surface area contributed by atoms with Crippen LogP contribution >= 0.6 is 11.6 Å². The van der Waals surface area contributed by atoms with Gasteiger partial charge in [0.2, 0.25) is 0 Å². The summed E-state index contributed by atoms with van der Waals surface area (Å²) in [5.74, 6) is 0. The molecule has 1 N–H and O–H groups in total. The first-order valence-corrected chi connectivity index (χ1v) is 7.79. The van der Waals surface area contributed by atoms with E-state index in [4.69, 9.17) is 16.3 Å². The van der Waals surface area contributed by atoms with E-state index in [2.05, 4.69) is 12.1 Å². The van der Waals surface area contributed by atoms with Gasteiger partial charge in [0.05, 0.1) is 11.2 Å². The Morgan fingerprint density at radius 3 is 2.23 bits per heavy atom. The second-order valence-electron chi connectivity index (χ2n) is 6.53. The Balaban J connectivity index is 2.29. The van der Waals surface area contributed by atoms with Gasteiger partial charge in [-0.25, -0.2) is 0 Å². The number of hydrogen-bond donors (Lipinski definition) is 1. The zero-order chi connectivity index (χ0) is 16.4. The molecule has 0 spiro atoms. The van der Waals surface area contributed by atoms with Gasteiger partial charge in [0.1, 0.15) is 0 Å². The van der Waals surface area contributed by atoms with Gasteiger partial charge < -0.3 is 9.76 Å². The molecule has 2 aromatic carbocycles. The summed E-state index contributed by atoms with van der Waals surface area (Å²) in [6.07, 6.45) is 0. The fraction of sp³-hybridized carbons (Fsp3) is 0.333. The maximum atomic E-state index is 10.2. The minimum absolute atomic E-state index is 0.415. The van der Waals surface area contributed by atoms with Crippen molar-refractivity contribution < 1.29 is 9.76 Å². The van der Waals surface area contributed by atoms with E-state index in [0.717, 1.165) is 16.6 Å². The van der Waals surface area contributed by atoms with Crippen LogP contribution in [0.2, 0.25) is 5.02 Å². The lowest BCUT2D eigenvalue weighted by Crippen LogP contribution is -2.49. The van der Waals surface area contributed by atoms with Gasteiger partial charge in [0, 0.05) is 5.02 Å². The monoisotopic (exact) mass is 316 g/mol. The molecule has 0 bridgehead atoms. The second kappa shape index (κ2) is 6.45. The van der Waals surface area contributed by atoms with Crippen LogP contribution in [-0.2, 0) is 4.65 Å². The summed E-state index contributed by atoms with van der Waals surface area (Å²) in [4.78, 5) is 0. The summed E-state index contributed by atoms with van der Waals surface area (Å²) in [5, 5.41) is 10.9. The molecule has 0 aliphatic heterocycles. The molecule has 0 aromatic heterocycles. The van der Waals surface area contributed by atoms with Crippen molar-refractivity contribution in [1.82, 2.24) is 0 Å². The fourth-order valence-electron chi connectivity index (χ4n) is 2.00. The smallest absolute Gasteiger partial charge is 0.310 e. The van der Waals surface area contributed by atoms with Crippen molar-refractivity contribution in [2.24, 2.45) is 0 Å². The molecule has 0 aliphatic rings. The van der Waals surface area contributed by atoms with Crippen molar-refractivity contribution in [2.75, 3.05) is 0 Å². The van der Waals surface area contributed by atoms with E-state index in [1.54, 1.807) is 13.8 Å². The van der Waals surface area contributed by atoms with Crippen LogP contribution in [0.3, 0.4) is 0 Å². The van der Waals surface area contributed by atoms with Crippen LogP contribution in [0.15, 0.2) is 48.5 Å². The molecule has 0 atom stereocenters. The van der Waals surface area contributed by atoms with Crippen LogP contribution in [0.1, 0.15) is 27.7 Å². The maximum Gasteiger partial charge on any atom is 0.310 e. The van der Waals surface area contributed by atoms with Crippen LogP contribution in [0, 0.1) is 0 Å². The predicted molar refractivity (Wildman–Crippen MR) is 95.1 cm³/mol. The van der Waals surface area contributed by atoms with Crippen LogP contribution in [-0.4, -0.2) is 23.8 Å². The van der Waals surface area contributed by atoms with E-state index in [9.17, 15) is 5.11 Å². The standard InChI is InChI=1S/C18H22BClO2/c1-17(2,21)18(3,4)22-19-16-11-10-14(20)12-15(16)13-8-6-5-7-9-13/h5-12,19,21H,1-4H3. The molecule has 4 heteroatoms. The van der Waals surface area contributed by atoms with Crippen molar-refractivity contribution in [2.45, 2.75) is 38.9 Å². The highest BCUT2D eigenvalue weighted by molar-refractivity contribution is 6.50. The van der Waals surface area contributed by atoms with Crippen LogP contribution < -0.4 is 5.46 Å². The fourth-order valence-corrected chi connectivity index (χ4v) is 2.17. The van der Waals surface area contributed by atoms with Crippen molar-refractivity contribution in [3.05, 3.63) is 53.6 Å². The zero-order valence-electron chi connectivity index (χ0n) is 13.6. The summed E-state index contributed by atoms with van der Waals surface area (Å²) in [6.45, 7) is 7.30. The summed E-state index contributed by atoms with van der Waals surface area (Å²) in [5.41, 5.74) is 1.63. The molecule has 2 nitrogen and oxygen atoms in total. The summed E-state index contributed by atoms with van der Waals surface area (Å²) < 4.78 is 5.99. The minimum atomic E-state index is -0.924. The number of halogens is 1. The van der Waals surface area contributed by atoms with Crippen molar-refractivity contribution in [3.8, 4) is 11.1 Å². The van der Waals surface area contributed by atoms with Crippen molar-refractivity contribution in [3.63, 3.8) is 0 Å². The number of aliphatic hydroxyl groups is 1. The molecule has 22 heavy (non-hydrogen) atoms. The molecule has 0 radical (unpaired) electrons. The van der Waals surface area contributed by atoms with Crippen LogP contribution in [0.4, 0.5) is 0 Å². The maximum absolute atomic E-state index is 10.2. The third kappa shape index (κ3) is 3.92. The summed E-state index contributed by atoms with van der Waals surface area (Å²) in [7, 11) is 0.415. The Kier molecular flexibility index (Phi) is 5.01. The quantitative estimate of drug-likeness (QED) is 0.855. The summed E-state index contributed by atoms with van der Waals surface area (Å²) >= 11 is 6.15. The molecule has 0 heterocycles. The highest BCUT2D eigenvalue weighted by atomic mass is 35.5. The molecular formula is C18H22BClO2. The third-order valence-electron chi connectivity index (χ3n) is 4.22. The van der Waals surface area contributed by atoms with Crippen LogP contribution in [0.5, 0.6) is 0 Å². The van der Waals surface area contributed by atoms with Crippen LogP contribution in [0.25, 0.3) is 11.1 Å². The Morgan fingerprint density at radius 1 is 1.00 bits per heavy atom. The zero-order valence-corrected chi connectivity index (χ0v) is 14.3. The molecule has 2 aromatic rings. The van der Waals surface area contributed by atoms with Gasteiger partial charge in [-0.05, 0) is 56.4 Å². The van der Waals surface area contributed by atoms with Gasteiger partial charge in [-0.1, -0.05) is 48.0 Å². The van der Waals surface area contributed by atoms with E-state index >= 15 is 0 Å². The first kappa shape index (κ1) is 17.1. The number of hydrogen-bond acceptors (Lipinski definition) is 2. The van der Waals surface area contributed by atoms with Gasteiger partial charge in [-0.3, -0.25) is 0 Å². The lowest BCUT2D eigenvalue weighted by atomic mass is 9.79. The number of benzene rings is 2. The van der Waals surface area contributed by atoms with Crippen molar-refractivity contribution >= 4 is 24.5 Å². The molecule has 2 rings (SSSR count). The predicted octanol–water partition coefficient (Wildman–Crippen LogP) is 3.55. The van der Waals surface area contributed by atoms with Gasteiger partial charge in [0.15, 0.2) is 0 Å². The second-order valence-corrected chi connectivity index (χ2v) is 6.96.